The third-order valence-electron chi connectivity index (χ3n) is 3.41. The minimum absolute atomic E-state index is 0.715. The van der Waals surface area contributed by atoms with Gasteiger partial charge in [0, 0.05) is 10.6 Å². The molecule has 98 valence electrons. The molecule has 0 fully saturated rings. The highest BCUT2D eigenvalue weighted by atomic mass is 32.2. The van der Waals surface area contributed by atoms with E-state index in [4.69, 9.17) is 5.84 Å². The number of hydrazine groups is 1. The molecule has 3 nitrogen and oxygen atoms in total. The van der Waals surface area contributed by atoms with E-state index in [2.05, 4.69) is 28.6 Å². The molecule has 0 aliphatic heterocycles. The molecule has 2 aromatic rings. The lowest BCUT2D eigenvalue weighted by Crippen LogP contribution is -2.08. The van der Waals surface area contributed by atoms with Crippen molar-refractivity contribution in [1.29, 1.82) is 0 Å². The van der Waals surface area contributed by atoms with Crippen LogP contribution in [-0.2, 0) is 18.6 Å². The highest BCUT2D eigenvalue weighted by Gasteiger charge is 2.10. The Hall–Kier alpha value is -1.52. The molecule has 1 aromatic heterocycles. The predicted molar refractivity (Wildman–Crippen MR) is 80.1 cm³/mol. The van der Waals surface area contributed by atoms with Gasteiger partial charge in [0.15, 0.2) is 0 Å². The van der Waals surface area contributed by atoms with Gasteiger partial charge in [0.05, 0.1) is 5.69 Å². The van der Waals surface area contributed by atoms with Gasteiger partial charge in [0.1, 0.15) is 5.82 Å². The molecule has 0 amide bonds. The molecule has 1 aromatic carbocycles. The summed E-state index contributed by atoms with van der Waals surface area (Å²) in [6, 6.07) is 12.7. The highest BCUT2D eigenvalue weighted by Crippen LogP contribution is 2.29. The Morgan fingerprint density at radius 1 is 1.16 bits per heavy atom. The van der Waals surface area contributed by atoms with Crippen LogP contribution in [0.3, 0.4) is 0 Å². The van der Waals surface area contributed by atoms with Gasteiger partial charge in [-0.2, -0.15) is 0 Å². The van der Waals surface area contributed by atoms with Gasteiger partial charge in [-0.25, -0.2) is 10.8 Å². The van der Waals surface area contributed by atoms with Gasteiger partial charge in [-0.3, -0.25) is 0 Å². The number of nitrogens with two attached hydrogens (primary N) is 1. The van der Waals surface area contributed by atoms with Crippen LogP contribution >= 0.6 is 11.8 Å². The molecule has 0 atom stereocenters. The Balaban J connectivity index is 1.68. The summed E-state index contributed by atoms with van der Waals surface area (Å²) < 4.78 is 0. The van der Waals surface area contributed by atoms with Gasteiger partial charge in [-0.05, 0) is 54.7 Å². The van der Waals surface area contributed by atoms with Gasteiger partial charge in [0.2, 0.25) is 0 Å². The largest absolute Gasteiger partial charge is 0.308 e. The monoisotopic (exact) mass is 271 g/mol. The minimum Gasteiger partial charge on any atom is -0.308 e. The van der Waals surface area contributed by atoms with E-state index in [0.29, 0.717) is 5.82 Å². The summed E-state index contributed by atoms with van der Waals surface area (Å²) in [7, 11) is 0. The zero-order chi connectivity index (χ0) is 13.1. The lowest BCUT2D eigenvalue weighted by molar-refractivity contribution is 0.911. The van der Waals surface area contributed by atoms with E-state index in [0.717, 1.165) is 11.4 Å². The second kappa shape index (κ2) is 5.63. The lowest BCUT2D eigenvalue weighted by Gasteiger charge is -2.06. The second-order valence-corrected chi connectivity index (χ2v) is 5.78. The third kappa shape index (κ3) is 2.91. The van der Waals surface area contributed by atoms with Crippen LogP contribution in [0.5, 0.6) is 0 Å². The SMILES string of the molecule is NNc1cccc(CSc2ccc3c(c2)CCC3)n1. The van der Waals surface area contributed by atoms with Crippen molar-refractivity contribution in [3.8, 4) is 0 Å². The Labute approximate surface area is 117 Å². The van der Waals surface area contributed by atoms with Gasteiger partial charge in [-0.15, -0.1) is 11.8 Å². The van der Waals surface area contributed by atoms with E-state index in [1.54, 1.807) is 0 Å². The Morgan fingerprint density at radius 2 is 2.05 bits per heavy atom. The number of hydrogen-bond donors (Lipinski definition) is 2. The van der Waals surface area contributed by atoms with Gasteiger partial charge in [-0.1, -0.05) is 12.1 Å². The first-order chi connectivity index (χ1) is 9.35. The number of benzene rings is 1. The third-order valence-corrected chi connectivity index (χ3v) is 4.44. The summed E-state index contributed by atoms with van der Waals surface area (Å²) in [6.07, 6.45) is 3.77. The molecule has 0 unspecified atom stereocenters. The average Bonchev–Trinajstić information content (AvgIpc) is 2.93. The van der Waals surface area contributed by atoms with Crippen molar-refractivity contribution >= 4 is 17.6 Å². The molecule has 19 heavy (non-hydrogen) atoms. The Morgan fingerprint density at radius 3 is 2.95 bits per heavy atom. The second-order valence-electron chi connectivity index (χ2n) is 4.73. The van der Waals surface area contributed by atoms with E-state index in [9.17, 15) is 0 Å². The molecular formula is C15H17N3S. The molecule has 0 saturated heterocycles. The molecule has 1 aliphatic rings. The Kier molecular flexibility index (Phi) is 3.71. The summed E-state index contributed by atoms with van der Waals surface area (Å²) >= 11 is 1.83. The van der Waals surface area contributed by atoms with Crippen molar-refractivity contribution < 1.29 is 0 Å². The van der Waals surface area contributed by atoms with Crippen LogP contribution in [0.1, 0.15) is 23.2 Å². The number of nitrogen functional groups attached to an aromatic ring is 1. The molecule has 0 saturated carbocycles. The van der Waals surface area contributed by atoms with E-state index >= 15 is 0 Å². The van der Waals surface area contributed by atoms with Crippen molar-refractivity contribution in [2.45, 2.75) is 29.9 Å². The zero-order valence-corrected chi connectivity index (χ0v) is 11.5. The summed E-state index contributed by atoms with van der Waals surface area (Å²) in [5, 5.41) is 0. The van der Waals surface area contributed by atoms with Crippen LogP contribution < -0.4 is 11.3 Å². The van der Waals surface area contributed by atoms with Crippen LogP contribution in [0.25, 0.3) is 0 Å². The number of anilines is 1. The summed E-state index contributed by atoms with van der Waals surface area (Å²) in [6.45, 7) is 0. The van der Waals surface area contributed by atoms with Gasteiger partial charge < -0.3 is 5.43 Å². The lowest BCUT2D eigenvalue weighted by atomic mass is 10.1. The molecule has 0 bridgehead atoms. The summed E-state index contributed by atoms with van der Waals surface area (Å²) in [5.74, 6) is 6.95. The zero-order valence-electron chi connectivity index (χ0n) is 10.7. The number of nitrogens with zero attached hydrogens (tertiary/aromatic N) is 1. The maximum Gasteiger partial charge on any atom is 0.140 e. The van der Waals surface area contributed by atoms with Crippen molar-refractivity contribution in [3.63, 3.8) is 0 Å². The first kappa shape index (κ1) is 12.5. The summed E-state index contributed by atoms with van der Waals surface area (Å²) in [4.78, 5) is 5.75. The number of pyridine rings is 1. The number of rotatable bonds is 4. The quantitative estimate of drug-likeness (QED) is 0.509. The van der Waals surface area contributed by atoms with E-state index < -0.39 is 0 Å². The number of nitrogens with one attached hydrogen (secondary N) is 1. The van der Waals surface area contributed by atoms with Crippen LogP contribution in [0, 0.1) is 0 Å². The number of aromatic nitrogens is 1. The van der Waals surface area contributed by atoms with Crippen molar-refractivity contribution in [2.75, 3.05) is 5.43 Å². The first-order valence-electron chi connectivity index (χ1n) is 6.52. The van der Waals surface area contributed by atoms with Crippen molar-refractivity contribution in [3.05, 3.63) is 53.2 Å². The number of hydrogen-bond acceptors (Lipinski definition) is 4. The molecular weight excluding hydrogens is 254 g/mol. The van der Waals surface area contributed by atoms with Crippen molar-refractivity contribution in [2.24, 2.45) is 5.84 Å². The van der Waals surface area contributed by atoms with E-state index in [-0.39, 0.29) is 0 Å². The number of aryl methyl sites for hydroxylation is 2. The molecule has 1 aliphatic carbocycles. The maximum atomic E-state index is 5.37. The van der Waals surface area contributed by atoms with Crippen LogP contribution in [0.4, 0.5) is 5.82 Å². The van der Waals surface area contributed by atoms with Crippen LogP contribution in [0.2, 0.25) is 0 Å². The fourth-order valence-corrected chi connectivity index (χ4v) is 3.30. The first-order valence-corrected chi connectivity index (χ1v) is 7.51. The molecule has 1 heterocycles. The maximum absolute atomic E-state index is 5.37. The standard InChI is InChI=1S/C15H17N3S/c16-18-15-6-2-5-13(17-15)10-19-14-8-7-11-3-1-4-12(11)9-14/h2,5-9H,1,3-4,10,16H2,(H,17,18). The fraction of sp³-hybridized carbons (Fsp3) is 0.267. The van der Waals surface area contributed by atoms with Crippen molar-refractivity contribution in [1.82, 2.24) is 4.98 Å². The molecule has 3 N–H and O–H groups in total. The van der Waals surface area contributed by atoms with E-state index in [1.807, 2.05) is 30.0 Å². The minimum atomic E-state index is 0.715. The topological polar surface area (TPSA) is 50.9 Å². The number of fused-ring (bicyclic) bond motifs is 1. The van der Waals surface area contributed by atoms with Gasteiger partial charge >= 0.3 is 0 Å². The normalized spacial score (nSPS) is 13.3. The molecule has 3 rings (SSSR count). The average molecular weight is 271 g/mol. The van der Waals surface area contributed by atoms with E-state index in [1.165, 1.54) is 35.3 Å². The Bertz CT molecular complexity index is 583. The number of thioether (sulfide) groups is 1. The van der Waals surface area contributed by atoms with Crippen LogP contribution in [0.15, 0.2) is 41.3 Å². The smallest absolute Gasteiger partial charge is 0.140 e. The van der Waals surface area contributed by atoms with Gasteiger partial charge in [0.25, 0.3) is 0 Å². The summed E-state index contributed by atoms with van der Waals surface area (Å²) in [5.41, 5.74) is 6.67. The van der Waals surface area contributed by atoms with Crippen LogP contribution in [-0.4, -0.2) is 4.98 Å². The predicted octanol–water partition coefficient (Wildman–Crippen LogP) is 3.15. The highest BCUT2D eigenvalue weighted by molar-refractivity contribution is 7.98. The fourth-order valence-electron chi connectivity index (χ4n) is 2.44. The molecule has 4 heteroatoms. The molecule has 0 radical (unpaired) electrons. The molecule has 0 spiro atoms.